The van der Waals surface area contributed by atoms with Crippen LogP contribution in [0, 0.1) is 0 Å². The van der Waals surface area contributed by atoms with Gasteiger partial charge in [0, 0.05) is 23.0 Å². The van der Waals surface area contributed by atoms with Crippen molar-refractivity contribution >= 4 is 33.7 Å². The van der Waals surface area contributed by atoms with Gasteiger partial charge in [0.05, 0.1) is 0 Å². The number of hydrogen-bond donors (Lipinski definition) is 2. The number of nitrogens with zero attached hydrogens (tertiary/aromatic N) is 1. The van der Waals surface area contributed by atoms with Crippen LogP contribution in [-0.4, -0.2) is 28.7 Å². The molecule has 3 N–H and O–H groups in total. The van der Waals surface area contributed by atoms with Crippen LogP contribution in [0.4, 0.5) is 0 Å². The molecule has 0 radical (unpaired) electrons. The van der Waals surface area contributed by atoms with Gasteiger partial charge in [-0.3, -0.25) is 14.4 Å². The molecule has 1 unspecified atom stereocenters. The predicted octanol–water partition coefficient (Wildman–Crippen LogP) is 5.15. The van der Waals surface area contributed by atoms with E-state index < -0.39 is 17.5 Å². The van der Waals surface area contributed by atoms with E-state index in [4.69, 9.17) is 5.73 Å². The molecule has 0 fully saturated rings. The summed E-state index contributed by atoms with van der Waals surface area (Å²) < 4.78 is 0.801. The maximum Gasteiger partial charge on any atom is 0.255 e. The average molecular weight is 582 g/mol. The highest BCUT2D eigenvalue weighted by atomic mass is 79.9. The molecule has 1 heterocycles. The van der Waals surface area contributed by atoms with Crippen molar-refractivity contribution in [2.45, 2.75) is 31.0 Å². The van der Waals surface area contributed by atoms with E-state index in [9.17, 15) is 14.4 Å². The van der Waals surface area contributed by atoms with Crippen molar-refractivity contribution in [1.29, 1.82) is 0 Å². The zero-order chi connectivity index (χ0) is 27.4. The summed E-state index contributed by atoms with van der Waals surface area (Å²) in [6, 6.07) is 33.9. The van der Waals surface area contributed by atoms with E-state index in [1.165, 1.54) is 4.90 Å². The van der Waals surface area contributed by atoms with Crippen molar-refractivity contribution in [2.75, 3.05) is 0 Å². The number of carbonyl (C=O) groups excluding carboxylic acids is 3. The molecule has 0 saturated heterocycles. The van der Waals surface area contributed by atoms with E-state index in [0.717, 1.165) is 26.7 Å². The van der Waals surface area contributed by atoms with Crippen molar-refractivity contribution in [2.24, 2.45) is 5.73 Å². The highest BCUT2D eigenvalue weighted by Gasteiger charge is 2.39. The minimum atomic E-state index is -0.965. The van der Waals surface area contributed by atoms with Crippen molar-refractivity contribution in [3.05, 3.63) is 141 Å². The highest BCUT2D eigenvalue weighted by molar-refractivity contribution is 9.10. The molecule has 0 aromatic heterocycles. The number of rotatable bonds is 9. The molecule has 1 atom stereocenters. The molecular weight excluding hydrogens is 554 g/mol. The SMILES string of the molecule is NC(=O)C(CCC(=O)NC(c1ccccc1)(c1ccccc1)c1ccccc1)N1Cc2c(Br)cccc2C1=O. The van der Waals surface area contributed by atoms with E-state index >= 15 is 0 Å². The number of amides is 3. The minimum absolute atomic E-state index is 0.00313. The first-order chi connectivity index (χ1) is 18.9. The van der Waals surface area contributed by atoms with Gasteiger partial charge in [0.25, 0.3) is 5.91 Å². The van der Waals surface area contributed by atoms with E-state index in [-0.39, 0.29) is 31.2 Å². The quantitative estimate of drug-likeness (QED) is 0.268. The molecule has 196 valence electrons. The number of carbonyl (C=O) groups is 3. The molecule has 0 saturated carbocycles. The lowest BCUT2D eigenvalue weighted by atomic mass is 9.77. The monoisotopic (exact) mass is 581 g/mol. The molecule has 0 bridgehead atoms. The van der Waals surface area contributed by atoms with Crippen molar-refractivity contribution in [3.63, 3.8) is 0 Å². The Balaban J connectivity index is 1.44. The van der Waals surface area contributed by atoms with Gasteiger partial charge in [0.15, 0.2) is 0 Å². The van der Waals surface area contributed by atoms with Crippen LogP contribution >= 0.6 is 15.9 Å². The molecule has 5 rings (SSSR count). The summed E-state index contributed by atoms with van der Waals surface area (Å²) in [6.07, 6.45) is 0.107. The zero-order valence-electron chi connectivity index (χ0n) is 21.2. The Kier molecular flexibility index (Phi) is 7.61. The summed E-state index contributed by atoms with van der Waals surface area (Å²) >= 11 is 3.49. The van der Waals surface area contributed by atoms with Crippen LogP contribution in [0.25, 0.3) is 0 Å². The fourth-order valence-corrected chi connectivity index (χ4v) is 5.83. The summed E-state index contributed by atoms with van der Waals surface area (Å²) in [5, 5.41) is 3.30. The summed E-state index contributed by atoms with van der Waals surface area (Å²) in [7, 11) is 0. The highest BCUT2D eigenvalue weighted by Crippen LogP contribution is 2.37. The standard InChI is InChI=1S/C32H28BrN3O3/c33-27-18-10-17-25-26(27)21-36(31(25)39)28(30(34)38)19-20-29(37)35-32(22-11-4-1-5-12-22,23-13-6-2-7-14-23)24-15-8-3-9-16-24/h1-18,28H,19-21H2,(H2,34,38)(H,35,37). The van der Waals surface area contributed by atoms with Crippen molar-refractivity contribution < 1.29 is 14.4 Å². The molecular formula is C32H28BrN3O3. The third-order valence-corrected chi connectivity index (χ3v) is 7.98. The maximum absolute atomic E-state index is 13.7. The molecule has 1 aliphatic rings. The van der Waals surface area contributed by atoms with Gasteiger partial charge in [0.1, 0.15) is 11.6 Å². The zero-order valence-corrected chi connectivity index (χ0v) is 22.8. The lowest BCUT2D eigenvalue weighted by Gasteiger charge is -2.37. The van der Waals surface area contributed by atoms with E-state index in [0.29, 0.717) is 5.56 Å². The normalized spacial score (nSPS) is 13.6. The Hall–Kier alpha value is -4.23. The third-order valence-electron chi connectivity index (χ3n) is 7.24. The first-order valence-electron chi connectivity index (χ1n) is 12.8. The number of fused-ring (bicyclic) bond motifs is 1. The van der Waals surface area contributed by atoms with E-state index in [1.54, 1.807) is 12.1 Å². The molecule has 39 heavy (non-hydrogen) atoms. The largest absolute Gasteiger partial charge is 0.368 e. The van der Waals surface area contributed by atoms with Crippen LogP contribution in [0.3, 0.4) is 0 Å². The van der Waals surface area contributed by atoms with Gasteiger partial charge in [-0.05, 0) is 40.8 Å². The second kappa shape index (κ2) is 11.3. The Morgan fingerprint density at radius 3 is 1.79 bits per heavy atom. The first-order valence-corrected chi connectivity index (χ1v) is 13.6. The van der Waals surface area contributed by atoms with Crippen LogP contribution in [0.1, 0.15) is 45.5 Å². The van der Waals surface area contributed by atoms with E-state index in [1.807, 2.05) is 97.1 Å². The van der Waals surface area contributed by atoms with Crippen molar-refractivity contribution in [3.8, 4) is 0 Å². The van der Waals surface area contributed by atoms with Gasteiger partial charge in [-0.2, -0.15) is 0 Å². The second-order valence-electron chi connectivity index (χ2n) is 9.55. The minimum Gasteiger partial charge on any atom is -0.368 e. The lowest BCUT2D eigenvalue weighted by molar-refractivity contribution is -0.124. The maximum atomic E-state index is 13.7. The summed E-state index contributed by atoms with van der Waals surface area (Å²) in [5.41, 5.74) is 8.85. The third kappa shape index (κ3) is 5.10. The fraction of sp³-hybridized carbons (Fsp3) is 0.156. The lowest BCUT2D eigenvalue weighted by Crippen LogP contribution is -2.49. The summed E-state index contributed by atoms with van der Waals surface area (Å²) in [6.45, 7) is 0.257. The van der Waals surface area contributed by atoms with Crippen LogP contribution < -0.4 is 11.1 Å². The molecule has 3 amide bonds. The van der Waals surface area contributed by atoms with Crippen LogP contribution in [0.2, 0.25) is 0 Å². The average Bonchev–Trinajstić information content (AvgIpc) is 3.30. The Bertz CT molecular complexity index is 1400. The van der Waals surface area contributed by atoms with Crippen molar-refractivity contribution in [1.82, 2.24) is 10.2 Å². The molecule has 0 spiro atoms. The number of benzene rings is 4. The van der Waals surface area contributed by atoms with Gasteiger partial charge in [-0.25, -0.2) is 0 Å². The fourth-order valence-electron chi connectivity index (χ4n) is 5.34. The van der Waals surface area contributed by atoms with Gasteiger partial charge in [0.2, 0.25) is 11.8 Å². The Morgan fingerprint density at radius 2 is 1.33 bits per heavy atom. The molecule has 6 nitrogen and oxygen atoms in total. The van der Waals surface area contributed by atoms with Crippen LogP contribution in [0.5, 0.6) is 0 Å². The summed E-state index contributed by atoms with van der Waals surface area (Å²) in [4.78, 5) is 40.8. The Labute approximate surface area is 236 Å². The topological polar surface area (TPSA) is 92.5 Å². The van der Waals surface area contributed by atoms with Gasteiger partial charge < -0.3 is 16.0 Å². The van der Waals surface area contributed by atoms with Gasteiger partial charge in [-0.15, -0.1) is 0 Å². The second-order valence-corrected chi connectivity index (χ2v) is 10.4. The number of halogens is 1. The van der Waals surface area contributed by atoms with Crippen LogP contribution in [-0.2, 0) is 21.7 Å². The number of primary amides is 1. The van der Waals surface area contributed by atoms with Gasteiger partial charge >= 0.3 is 0 Å². The predicted molar refractivity (Wildman–Crippen MR) is 154 cm³/mol. The van der Waals surface area contributed by atoms with E-state index in [2.05, 4.69) is 21.2 Å². The number of hydrogen-bond acceptors (Lipinski definition) is 3. The first kappa shape index (κ1) is 26.4. The molecule has 7 heteroatoms. The number of nitrogens with two attached hydrogens (primary N) is 1. The molecule has 0 aliphatic carbocycles. The smallest absolute Gasteiger partial charge is 0.255 e. The van der Waals surface area contributed by atoms with Crippen LogP contribution in [0.15, 0.2) is 114 Å². The summed E-state index contributed by atoms with van der Waals surface area (Å²) in [5.74, 6) is -1.16. The Morgan fingerprint density at radius 1 is 0.821 bits per heavy atom. The number of nitrogens with one attached hydrogen (secondary N) is 1. The molecule has 4 aromatic rings. The molecule has 1 aliphatic heterocycles. The molecule has 4 aromatic carbocycles. The van der Waals surface area contributed by atoms with Gasteiger partial charge in [-0.1, -0.05) is 113 Å².